The Morgan fingerprint density at radius 2 is 2.19 bits per heavy atom. The van der Waals surface area contributed by atoms with Crippen molar-refractivity contribution in [2.24, 2.45) is 0 Å². The molecular weight excluding hydrogens is 226 g/mol. The van der Waals surface area contributed by atoms with Crippen LogP contribution in [0.15, 0.2) is 0 Å². The topological polar surface area (TPSA) is 55.4 Å². The zero-order valence-electron chi connectivity index (χ0n) is 10.1. The van der Waals surface area contributed by atoms with Crippen LogP contribution in [-0.4, -0.2) is 45.7 Å². The number of ether oxygens (including phenoxy) is 1. The minimum absolute atomic E-state index is 0.241. The van der Waals surface area contributed by atoms with Gasteiger partial charge in [0.25, 0.3) is 0 Å². The summed E-state index contributed by atoms with van der Waals surface area (Å²) < 4.78 is 27.9. The molecule has 1 N–H and O–H groups in total. The van der Waals surface area contributed by atoms with Crippen LogP contribution in [0.5, 0.6) is 0 Å². The first kappa shape index (κ1) is 13.9. The lowest BCUT2D eigenvalue weighted by Gasteiger charge is -2.09. The highest BCUT2D eigenvalue weighted by atomic mass is 32.2. The van der Waals surface area contributed by atoms with Crippen LogP contribution < -0.4 is 5.32 Å². The average molecular weight is 249 g/mol. The monoisotopic (exact) mass is 249 g/mol. The first-order valence-electron chi connectivity index (χ1n) is 6.17. The minimum atomic E-state index is -2.81. The van der Waals surface area contributed by atoms with Crippen molar-refractivity contribution in [2.75, 3.05) is 31.2 Å². The zero-order valence-corrected chi connectivity index (χ0v) is 10.9. The fourth-order valence-corrected chi connectivity index (χ4v) is 2.57. The van der Waals surface area contributed by atoms with E-state index in [0.717, 1.165) is 26.0 Å². The van der Waals surface area contributed by atoms with Crippen LogP contribution in [0.1, 0.15) is 32.6 Å². The third-order valence-electron chi connectivity index (χ3n) is 2.93. The molecule has 0 aromatic carbocycles. The lowest BCUT2D eigenvalue weighted by atomic mass is 10.1. The zero-order chi connectivity index (χ0) is 11.9. The second-order valence-corrected chi connectivity index (χ2v) is 6.74. The molecule has 4 nitrogen and oxygen atoms in total. The number of hydrogen-bond acceptors (Lipinski definition) is 4. The van der Waals surface area contributed by atoms with Crippen LogP contribution in [0, 0.1) is 0 Å². The van der Waals surface area contributed by atoms with Gasteiger partial charge in [-0.25, -0.2) is 8.42 Å². The van der Waals surface area contributed by atoms with E-state index in [-0.39, 0.29) is 11.5 Å². The summed E-state index contributed by atoms with van der Waals surface area (Å²) in [4.78, 5) is 0. The van der Waals surface area contributed by atoms with Gasteiger partial charge in [-0.1, -0.05) is 6.92 Å². The van der Waals surface area contributed by atoms with Gasteiger partial charge in [0.15, 0.2) is 9.84 Å². The van der Waals surface area contributed by atoms with Crippen molar-refractivity contribution >= 4 is 9.84 Å². The molecule has 1 rings (SSSR count). The Morgan fingerprint density at radius 1 is 1.38 bits per heavy atom. The summed E-state index contributed by atoms with van der Waals surface area (Å²) in [7, 11) is -2.81. The third kappa shape index (κ3) is 5.82. The minimum Gasteiger partial charge on any atom is -0.378 e. The van der Waals surface area contributed by atoms with Gasteiger partial charge in [-0.2, -0.15) is 0 Å². The molecular formula is C11H23NO3S. The van der Waals surface area contributed by atoms with E-state index in [0.29, 0.717) is 12.6 Å². The quantitative estimate of drug-likeness (QED) is 0.651. The first-order valence-corrected chi connectivity index (χ1v) is 7.99. The molecule has 0 aromatic heterocycles. The molecule has 0 radical (unpaired) electrons. The highest BCUT2D eigenvalue weighted by Gasteiger charge is 2.14. The molecule has 1 aliphatic rings. The fourth-order valence-electron chi connectivity index (χ4n) is 1.82. The van der Waals surface area contributed by atoms with Gasteiger partial charge >= 0.3 is 0 Å². The van der Waals surface area contributed by atoms with Gasteiger partial charge < -0.3 is 10.1 Å². The van der Waals surface area contributed by atoms with Crippen molar-refractivity contribution in [3.8, 4) is 0 Å². The molecule has 1 heterocycles. The molecule has 1 saturated heterocycles. The molecule has 0 aliphatic carbocycles. The fraction of sp³-hybridized carbons (Fsp3) is 1.00. The van der Waals surface area contributed by atoms with Gasteiger partial charge in [-0.3, -0.25) is 0 Å². The maximum Gasteiger partial charge on any atom is 0.151 e. The lowest BCUT2D eigenvalue weighted by Crippen LogP contribution is -2.25. The summed E-state index contributed by atoms with van der Waals surface area (Å²) in [5.41, 5.74) is 0. The maximum absolute atomic E-state index is 11.2. The number of rotatable bonds is 8. The van der Waals surface area contributed by atoms with Crippen LogP contribution in [0.4, 0.5) is 0 Å². The lowest BCUT2D eigenvalue weighted by molar-refractivity contribution is 0.102. The van der Waals surface area contributed by atoms with Gasteiger partial charge in [0.2, 0.25) is 0 Å². The predicted octanol–water partition coefficient (Wildman–Crippen LogP) is 0.970. The molecule has 16 heavy (non-hydrogen) atoms. The Kier molecular flexibility index (Phi) is 6.31. The van der Waals surface area contributed by atoms with Gasteiger partial charge in [-0.05, 0) is 32.2 Å². The molecule has 0 saturated carbocycles. The van der Waals surface area contributed by atoms with E-state index in [9.17, 15) is 8.42 Å². The van der Waals surface area contributed by atoms with Crippen molar-refractivity contribution in [1.82, 2.24) is 5.32 Å². The maximum atomic E-state index is 11.2. The third-order valence-corrected chi connectivity index (χ3v) is 4.64. The van der Waals surface area contributed by atoms with Crippen molar-refractivity contribution in [3.63, 3.8) is 0 Å². The van der Waals surface area contributed by atoms with E-state index in [1.807, 2.05) is 0 Å². The Labute approximate surface area is 98.7 Å². The average Bonchev–Trinajstić information content (AvgIpc) is 2.76. The van der Waals surface area contributed by atoms with Crippen molar-refractivity contribution in [2.45, 2.75) is 38.7 Å². The molecule has 0 amide bonds. The predicted molar refractivity (Wildman–Crippen MR) is 65.4 cm³/mol. The molecule has 1 unspecified atom stereocenters. The van der Waals surface area contributed by atoms with Gasteiger partial charge in [0.05, 0.1) is 11.9 Å². The normalized spacial score (nSPS) is 21.4. The highest BCUT2D eigenvalue weighted by Crippen LogP contribution is 2.16. The molecule has 0 aromatic rings. The summed E-state index contributed by atoms with van der Waals surface area (Å²) in [6, 6.07) is 0. The summed E-state index contributed by atoms with van der Waals surface area (Å²) in [6.07, 6.45) is 4.97. The second kappa shape index (κ2) is 7.25. The van der Waals surface area contributed by atoms with Crippen LogP contribution in [0.25, 0.3) is 0 Å². The van der Waals surface area contributed by atoms with Crippen LogP contribution in [-0.2, 0) is 14.6 Å². The Balaban J connectivity index is 1.92. The van der Waals surface area contributed by atoms with Crippen molar-refractivity contribution in [1.29, 1.82) is 0 Å². The van der Waals surface area contributed by atoms with Gasteiger partial charge in [-0.15, -0.1) is 0 Å². The van der Waals surface area contributed by atoms with E-state index < -0.39 is 9.84 Å². The smallest absolute Gasteiger partial charge is 0.151 e. The van der Waals surface area contributed by atoms with Gasteiger partial charge in [0.1, 0.15) is 0 Å². The molecule has 0 bridgehead atoms. The summed E-state index contributed by atoms with van der Waals surface area (Å²) >= 11 is 0. The second-order valence-electron chi connectivity index (χ2n) is 4.26. The molecule has 1 aliphatic heterocycles. The first-order chi connectivity index (χ1) is 7.64. The van der Waals surface area contributed by atoms with Gasteiger partial charge in [0, 0.05) is 18.9 Å². The Morgan fingerprint density at radius 3 is 2.81 bits per heavy atom. The number of nitrogens with one attached hydrogen (secondary N) is 1. The van der Waals surface area contributed by atoms with Crippen LogP contribution >= 0.6 is 0 Å². The van der Waals surface area contributed by atoms with Crippen LogP contribution in [0.3, 0.4) is 0 Å². The number of sulfone groups is 1. The SMILES string of the molecule is CCS(=O)(=O)CCNCCCC1CCCO1. The molecule has 96 valence electrons. The van der Waals surface area contributed by atoms with E-state index in [4.69, 9.17) is 4.74 Å². The summed E-state index contributed by atoms with van der Waals surface area (Å²) in [5.74, 6) is 0.494. The van der Waals surface area contributed by atoms with Crippen molar-refractivity contribution in [3.05, 3.63) is 0 Å². The highest BCUT2D eigenvalue weighted by molar-refractivity contribution is 7.91. The van der Waals surface area contributed by atoms with E-state index in [1.165, 1.54) is 12.8 Å². The standard InChI is InChI=1S/C11H23NO3S/c1-2-16(13,14)10-8-12-7-3-5-11-6-4-9-15-11/h11-12H,2-10H2,1H3. The molecule has 5 heteroatoms. The Hall–Kier alpha value is -0.130. The van der Waals surface area contributed by atoms with E-state index >= 15 is 0 Å². The molecule has 0 spiro atoms. The Bertz CT molecular complexity index is 271. The van der Waals surface area contributed by atoms with E-state index in [2.05, 4.69) is 5.32 Å². The summed E-state index contributed by atoms with van der Waals surface area (Å²) in [5, 5.41) is 3.17. The molecule has 1 atom stereocenters. The number of hydrogen-bond donors (Lipinski definition) is 1. The summed E-state index contributed by atoms with van der Waals surface area (Å²) in [6.45, 7) is 4.06. The van der Waals surface area contributed by atoms with E-state index in [1.54, 1.807) is 6.92 Å². The molecule has 1 fully saturated rings. The van der Waals surface area contributed by atoms with Crippen molar-refractivity contribution < 1.29 is 13.2 Å². The largest absolute Gasteiger partial charge is 0.378 e. The van der Waals surface area contributed by atoms with Crippen LogP contribution in [0.2, 0.25) is 0 Å².